The minimum absolute atomic E-state index is 0.0630. The molecule has 0 heterocycles. The molecule has 0 amide bonds. The summed E-state index contributed by atoms with van der Waals surface area (Å²) in [6.07, 6.45) is 4.55. The molecule has 0 aromatic carbocycles. The van der Waals surface area contributed by atoms with Gasteiger partial charge in [-0.2, -0.15) is 0 Å². The summed E-state index contributed by atoms with van der Waals surface area (Å²) in [6.45, 7) is 8.00. The van der Waals surface area contributed by atoms with Crippen LogP contribution in [0.5, 0.6) is 0 Å². The molecule has 16 heavy (non-hydrogen) atoms. The number of rotatable bonds is 9. The van der Waals surface area contributed by atoms with Crippen LogP contribution in [0, 0.1) is 0 Å². The van der Waals surface area contributed by atoms with E-state index in [0.717, 1.165) is 25.7 Å². The van der Waals surface area contributed by atoms with Crippen LogP contribution in [0.25, 0.3) is 0 Å². The lowest BCUT2D eigenvalue weighted by atomic mass is 10.1. The third-order valence-electron chi connectivity index (χ3n) is 2.74. The van der Waals surface area contributed by atoms with Crippen LogP contribution >= 0.6 is 0 Å². The van der Waals surface area contributed by atoms with Crippen LogP contribution in [0.2, 0.25) is 0 Å². The lowest BCUT2D eigenvalue weighted by Crippen LogP contribution is -2.40. The summed E-state index contributed by atoms with van der Waals surface area (Å²) < 4.78 is 22.9. The second-order valence-corrected chi connectivity index (χ2v) is 6.94. The molecule has 98 valence electrons. The van der Waals surface area contributed by atoms with Gasteiger partial charge in [0.2, 0.25) is 0 Å². The van der Waals surface area contributed by atoms with Crippen molar-refractivity contribution in [3.05, 3.63) is 0 Å². The van der Waals surface area contributed by atoms with Gasteiger partial charge in [0.15, 0.2) is 9.84 Å². The molecule has 1 unspecified atom stereocenters. The SMILES string of the molecule is CCCC(CCC)NC(C)CS(=O)(=O)CC. The van der Waals surface area contributed by atoms with E-state index in [-0.39, 0.29) is 17.5 Å². The molecular weight excluding hydrogens is 222 g/mol. The Morgan fingerprint density at radius 2 is 1.56 bits per heavy atom. The molecule has 0 aromatic heterocycles. The Balaban J connectivity index is 4.13. The summed E-state index contributed by atoms with van der Waals surface area (Å²) in [5, 5.41) is 3.43. The number of nitrogens with one attached hydrogen (secondary N) is 1. The first-order valence-corrected chi connectivity index (χ1v) is 8.23. The van der Waals surface area contributed by atoms with E-state index in [1.165, 1.54) is 0 Å². The van der Waals surface area contributed by atoms with Gasteiger partial charge in [-0.05, 0) is 19.8 Å². The first-order chi connectivity index (χ1) is 7.45. The van der Waals surface area contributed by atoms with E-state index >= 15 is 0 Å². The Morgan fingerprint density at radius 1 is 1.06 bits per heavy atom. The van der Waals surface area contributed by atoms with Gasteiger partial charge in [0.25, 0.3) is 0 Å². The standard InChI is InChI=1S/C12H27NO2S/c1-5-8-12(9-6-2)13-11(4)10-16(14,15)7-3/h11-13H,5-10H2,1-4H3. The van der Waals surface area contributed by atoms with Crippen molar-refractivity contribution in [3.63, 3.8) is 0 Å². The average Bonchev–Trinajstić information content (AvgIpc) is 2.17. The molecule has 1 atom stereocenters. The second-order valence-electron chi connectivity index (χ2n) is 4.54. The maximum Gasteiger partial charge on any atom is 0.151 e. The molecule has 0 saturated heterocycles. The fraction of sp³-hybridized carbons (Fsp3) is 1.00. The van der Waals surface area contributed by atoms with Crippen LogP contribution in [0.4, 0.5) is 0 Å². The monoisotopic (exact) mass is 249 g/mol. The molecule has 0 fully saturated rings. The van der Waals surface area contributed by atoms with Crippen LogP contribution < -0.4 is 5.32 Å². The molecule has 0 aliphatic heterocycles. The molecule has 0 aliphatic carbocycles. The smallest absolute Gasteiger partial charge is 0.151 e. The predicted octanol–water partition coefficient (Wildman–Crippen LogP) is 2.37. The van der Waals surface area contributed by atoms with Gasteiger partial charge in [-0.15, -0.1) is 0 Å². The zero-order chi connectivity index (χ0) is 12.6. The Bertz CT molecular complexity index is 256. The van der Waals surface area contributed by atoms with E-state index < -0.39 is 9.84 Å². The second kappa shape index (κ2) is 8.07. The van der Waals surface area contributed by atoms with E-state index in [9.17, 15) is 8.42 Å². The zero-order valence-electron chi connectivity index (χ0n) is 11.1. The molecule has 0 aromatic rings. The van der Waals surface area contributed by atoms with Gasteiger partial charge < -0.3 is 5.32 Å². The normalized spacial score (nSPS) is 14.3. The van der Waals surface area contributed by atoms with Crippen molar-refractivity contribution in [1.29, 1.82) is 0 Å². The molecule has 0 spiro atoms. The maximum absolute atomic E-state index is 11.5. The minimum atomic E-state index is -2.86. The van der Waals surface area contributed by atoms with Crippen LogP contribution in [0.15, 0.2) is 0 Å². The molecule has 1 N–H and O–H groups in total. The van der Waals surface area contributed by atoms with E-state index in [0.29, 0.717) is 6.04 Å². The van der Waals surface area contributed by atoms with Gasteiger partial charge in [-0.1, -0.05) is 33.6 Å². The van der Waals surface area contributed by atoms with Crippen molar-refractivity contribution < 1.29 is 8.42 Å². The number of sulfone groups is 1. The topological polar surface area (TPSA) is 46.2 Å². The van der Waals surface area contributed by atoms with Gasteiger partial charge in [0, 0.05) is 17.8 Å². The highest BCUT2D eigenvalue weighted by molar-refractivity contribution is 7.91. The van der Waals surface area contributed by atoms with Crippen LogP contribution in [0.1, 0.15) is 53.4 Å². The summed E-state index contributed by atoms with van der Waals surface area (Å²) >= 11 is 0. The Labute approximate surface area is 101 Å². The first kappa shape index (κ1) is 15.9. The summed E-state index contributed by atoms with van der Waals surface area (Å²) in [5.74, 6) is 0.499. The van der Waals surface area contributed by atoms with Crippen molar-refractivity contribution in [2.75, 3.05) is 11.5 Å². The van der Waals surface area contributed by atoms with Crippen molar-refractivity contribution >= 4 is 9.84 Å². The van der Waals surface area contributed by atoms with Crippen LogP contribution in [-0.2, 0) is 9.84 Å². The molecule has 0 saturated carbocycles. The first-order valence-electron chi connectivity index (χ1n) is 6.41. The highest BCUT2D eigenvalue weighted by Gasteiger charge is 2.16. The molecule has 0 radical (unpaired) electrons. The molecule has 4 heteroatoms. The molecular formula is C12H27NO2S. The van der Waals surface area contributed by atoms with Gasteiger partial charge in [0.1, 0.15) is 0 Å². The highest BCUT2D eigenvalue weighted by atomic mass is 32.2. The maximum atomic E-state index is 11.5. The van der Waals surface area contributed by atoms with E-state index in [4.69, 9.17) is 0 Å². The summed E-state index contributed by atoms with van der Waals surface area (Å²) in [4.78, 5) is 0. The molecule has 0 rings (SSSR count). The van der Waals surface area contributed by atoms with Crippen molar-refractivity contribution in [1.82, 2.24) is 5.32 Å². The van der Waals surface area contributed by atoms with Crippen molar-refractivity contribution in [2.45, 2.75) is 65.5 Å². The number of hydrogen-bond donors (Lipinski definition) is 1. The third kappa shape index (κ3) is 7.23. The Hall–Kier alpha value is -0.0900. The lowest BCUT2D eigenvalue weighted by Gasteiger charge is -2.22. The van der Waals surface area contributed by atoms with Crippen LogP contribution in [0.3, 0.4) is 0 Å². The number of hydrogen-bond acceptors (Lipinski definition) is 3. The van der Waals surface area contributed by atoms with Gasteiger partial charge >= 0.3 is 0 Å². The Kier molecular flexibility index (Phi) is 8.02. The molecule has 3 nitrogen and oxygen atoms in total. The van der Waals surface area contributed by atoms with E-state index in [1.54, 1.807) is 6.92 Å². The van der Waals surface area contributed by atoms with Crippen molar-refractivity contribution in [3.8, 4) is 0 Å². The minimum Gasteiger partial charge on any atom is -0.310 e. The van der Waals surface area contributed by atoms with Gasteiger partial charge in [-0.3, -0.25) is 0 Å². The summed E-state index contributed by atoms with van der Waals surface area (Å²) in [5.41, 5.74) is 0. The van der Waals surface area contributed by atoms with Gasteiger partial charge in [-0.25, -0.2) is 8.42 Å². The fourth-order valence-corrected chi connectivity index (χ4v) is 3.05. The molecule has 0 aliphatic rings. The van der Waals surface area contributed by atoms with Crippen molar-refractivity contribution in [2.24, 2.45) is 0 Å². The lowest BCUT2D eigenvalue weighted by molar-refractivity contribution is 0.409. The van der Waals surface area contributed by atoms with E-state index in [1.807, 2.05) is 6.92 Å². The average molecular weight is 249 g/mol. The van der Waals surface area contributed by atoms with Crippen LogP contribution in [-0.4, -0.2) is 32.0 Å². The Morgan fingerprint density at radius 3 is 1.94 bits per heavy atom. The predicted molar refractivity (Wildman–Crippen MR) is 70.5 cm³/mol. The largest absolute Gasteiger partial charge is 0.310 e. The quantitative estimate of drug-likeness (QED) is 0.682. The summed E-state index contributed by atoms with van der Waals surface area (Å²) in [7, 11) is -2.86. The fourth-order valence-electron chi connectivity index (χ4n) is 1.96. The summed E-state index contributed by atoms with van der Waals surface area (Å²) in [6, 6.07) is 0.533. The third-order valence-corrected chi connectivity index (χ3v) is 4.63. The molecule has 0 bridgehead atoms. The van der Waals surface area contributed by atoms with Gasteiger partial charge in [0.05, 0.1) is 5.75 Å². The van der Waals surface area contributed by atoms with E-state index in [2.05, 4.69) is 19.2 Å². The zero-order valence-corrected chi connectivity index (χ0v) is 11.9. The highest BCUT2D eigenvalue weighted by Crippen LogP contribution is 2.06.